The third-order valence-corrected chi connectivity index (χ3v) is 4.89. The summed E-state index contributed by atoms with van der Waals surface area (Å²) in [5, 5.41) is 4.36. The van der Waals surface area contributed by atoms with Gasteiger partial charge in [0, 0.05) is 22.8 Å². The lowest BCUT2D eigenvalue weighted by Crippen LogP contribution is -2.30. The van der Waals surface area contributed by atoms with E-state index in [4.69, 9.17) is 10.5 Å². The first-order valence-electron chi connectivity index (χ1n) is 9.17. The number of aryl methyl sites for hydroxylation is 1. The summed E-state index contributed by atoms with van der Waals surface area (Å²) >= 11 is 0. The van der Waals surface area contributed by atoms with E-state index < -0.39 is 0 Å². The zero-order valence-electron chi connectivity index (χ0n) is 15.0. The largest absolute Gasteiger partial charge is 0.492 e. The van der Waals surface area contributed by atoms with Crippen molar-refractivity contribution < 1.29 is 4.74 Å². The molecule has 7 heteroatoms. The summed E-state index contributed by atoms with van der Waals surface area (Å²) in [5.41, 5.74) is 9.37. The molecule has 4 rings (SSSR count). The van der Waals surface area contributed by atoms with Crippen molar-refractivity contribution in [3.63, 3.8) is 0 Å². The molecule has 7 nitrogen and oxygen atoms in total. The van der Waals surface area contributed by atoms with Gasteiger partial charge in [-0.15, -0.1) is 0 Å². The fraction of sp³-hybridized carbons (Fsp3) is 0.421. The maximum atomic E-state index is 6.02. The van der Waals surface area contributed by atoms with E-state index in [-0.39, 0.29) is 0 Å². The molecule has 0 bridgehead atoms. The van der Waals surface area contributed by atoms with Crippen LogP contribution >= 0.6 is 0 Å². The van der Waals surface area contributed by atoms with Crippen molar-refractivity contribution in [3.8, 4) is 17.0 Å². The first kappa shape index (κ1) is 16.8. The second kappa shape index (κ2) is 7.29. The number of fused-ring (bicyclic) bond motifs is 1. The molecule has 4 heterocycles. The SMILES string of the molecule is CCc1cc(-c2c[nH]c3ncc(OCC4CCNCC4)cc23)nc(N)n1. The van der Waals surface area contributed by atoms with Gasteiger partial charge in [-0.25, -0.2) is 15.0 Å². The van der Waals surface area contributed by atoms with E-state index in [1.807, 2.05) is 18.3 Å². The first-order chi connectivity index (χ1) is 12.7. The molecule has 3 aromatic heterocycles. The van der Waals surface area contributed by atoms with Crippen molar-refractivity contribution in [2.24, 2.45) is 5.92 Å². The molecule has 4 N–H and O–H groups in total. The molecular weight excluding hydrogens is 328 g/mol. The van der Waals surface area contributed by atoms with Crippen LogP contribution in [0.2, 0.25) is 0 Å². The summed E-state index contributed by atoms with van der Waals surface area (Å²) in [4.78, 5) is 16.3. The molecule has 0 atom stereocenters. The minimum absolute atomic E-state index is 0.292. The Balaban J connectivity index is 1.61. The lowest BCUT2D eigenvalue weighted by atomic mass is 9.99. The molecule has 1 fully saturated rings. The van der Waals surface area contributed by atoms with Crippen LogP contribution in [-0.4, -0.2) is 39.6 Å². The van der Waals surface area contributed by atoms with E-state index in [9.17, 15) is 0 Å². The zero-order chi connectivity index (χ0) is 17.9. The average molecular weight is 352 g/mol. The van der Waals surface area contributed by atoms with Gasteiger partial charge in [0.05, 0.1) is 18.5 Å². The Morgan fingerprint density at radius 1 is 1.23 bits per heavy atom. The molecule has 0 spiro atoms. The Morgan fingerprint density at radius 3 is 2.88 bits per heavy atom. The van der Waals surface area contributed by atoms with Gasteiger partial charge in [0.15, 0.2) is 0 Å². The van der Waals surface area contributed by atoms with E-state index in [0.29, 0.717) is 11.9 Å². The maximum Gasteiger partial charge on any atom is 0.220 e. The number of nitrogen functional groups attached to an aromatic ring is 1. The van der Waals surface area contributed by atoms with Crippen molar-refractivity contribution in [3.05, 3.63) is 30.2 Å². The Morgan fingerprint density at radius 2 is 2.08 bits per heavy atom. The molecule has 1 aliphatic rings. The molecule has 0 aliphatic carbocycles. The van der Waals surface area contributed by atoms with E-state index in [1.54, 1.807) is 6.20 Å². The first-order valence-corrected chi connectivity index (χ1v) is 9.17. The van der Waals surface area contributed by atoms with Gasteiger partial charge in [-0.3, -0.25) is 0 Å². The van der Waals surface area contributed by atoms with E-state index in [1.165, 1.54) is 0 Å². The van der Waals surface area contributed by atoms with Crippen molar-refractivity contribution in [1.29, 1.82) is 0 Å². The number of anilines is 1. The van der Waals surface area contributed by atoms with Gasteiger partial charge in [0.1, 0.15) is 11.4 Å². The lowest BCUT2D eigenvalue weighted by Gasteiger charge is -2.22. The number of ether oxygens (including phenoxy) is 1. The van der Waals surface area contributed by atoms with Crippen LogP contribution in [0.1, 0.15) is 25.5 Å². The second-order valence-electron chi connectivity index (χ2n) is 6.73. The number of rotatable bonds is 5. The number of aromatic nitrogens is 4. The molecule has 1 aliphatic heterocycles. The maximum absolute atomic E-state index is 6.02. The Labute approximate surface area is 152 Å². The lowest BCUT2D eigenvalue weighted by molar-refractivity contribution is 0.215. The topological polar surface area (TPSA) is 102 Å². The summed E-state index contributed by atoms with van der Waals surface area (Å²) in [6, 6.07) is 4.00. The smallest absolute Gasteiger partial charge is 0.220 e. The summed E-state index contributed by atoms with van der Waals surface area (Å²) in [6.45, 7) is 4.93. The number of nitrogens with two attached hydrogens (primary N) is 1. The molecule has 26 heavy (non-hydrogen) atoms. The Hall–Kier alpha value is -2.67. The minimum atomic E-state index is 0.292. The van der Waals surface area contributed by atoms with Gasteiger partial charge < -0.3 is 20.8 Å². The van der Waals surface area contributed by atoms with Crippen LogP contribution in [-0.2, 0) is 6.42 Å². The van der Waals surface area contributed by atoms with Gasteiger partial charge in [-0.2, -0.15) is 0 Å². The van der Waals surface area contributed by atoms with E-state index in [2.05, 4.69) is 32.2 Å². The zero-order valence-corrected chi connectivity index (χ0v) is 15.0. The molecule has 0 saturated carbocycles. The fourth-order valence-electron chi connectivity index (χ4n) is 3.37. The summed E-state index contributed by atoms with van der Waals surface area (Å²) in [7, 11) is 0. The van der Waals surface area contributed by atoms with Gasteiger partial charge in [0.2, 0.25) is 5.95 Å². The highest BCUT2D eigenvalue weighted by atomic mass is 16.5. The van der Waals surface area contributed by atoms with Gasteiger partial charge >= 0.3 is 0 Å². The van der Waals surface area contributed by atoms with Crippen LogP contribution in [0.5, 0.6) is 5.75 Å². The number of H-pyrrole nitrogens is 1. The molecule has 136 valence electrons. The third kappa shape index (κ3) is 3.48. The Kier molecular flexibility index (Phi) is 4.71. The van der Waals surface area contributed by atoms with Crippen molar-refractivity contribution in [1.82, 2.24) is 25.3 Å². The molecule has 0 amide bonds. The molecule has 0 unspecified atom stereocenters. The third-order valence-electron chi connectivity index (χ3n) is 4.89. The normalized spacial score (nSPS) is 15.4. The number of aromatic amines is 1. The molecule has 0 aromatic carbocycles. The van der Waals surface area contributed by atoms with Gasteiger partial charge in [-0.05, 0) is 50.4 Å². The summed E-state index contributed by atoms with van der Waals surface area (Å²) < 4.78 is 6.02. The molecule has 0 radical (unpaired) electrons. The Bertz CT molecular complexity index is 900. The van der Waals surface area contributed by atoms with Gasteiger partial charge in [-0.1, -0.05) is 6.92 Å². The van der Waals surface area contributed by atoms with Crippen molar-refractivity contribution >= 4 is 17.0 Å². The van der Waals surface area contributed by atoms with Gasteiger partial charge in [0.25, 0.3) is 0 Å². The standard InChI is InChI=1S/C19H24N6O/c1-2-13-7-17(25-19(20)24-13)16-10-23-18-15(16)8-14(9-22-18)26-11-12-3-5-21-6-4-12/h7-10,12,21H,2-6,11H2,1H3,(H,22,23)(H2,20,24,25). The van der Waals surface area contributed by atoms with E-state index in [0.717, 1.165) is 72.7 Å². The number of pyridine rings is 1. The average Bonchev–Trinajstić information content (AvgIpc) is 3.10. The molecule has 1 saturated heterocycles. The number of hydrogen-bond acceptors (Lipinski definition) is 6. The highest BCUT2D eigenvalue weighted by Crippen LogP contribution is 2.30. The summed E-state index contributed by atoms with van der Waals surface area (Å²) in [6.07, 6.45) is 6.81. The van der Waals surface area contributed by atoms with Crippen LogP contribution in [0.15, 0.2) is 24.5 Å². The summed E-state index contributed by atoms with van der Waals surface area (Å²) in [5.74, 6) is 1.68. The van der Waals surface area contributed by atoms with Crippen molar-refractivity contribution in [2.75, 3.05) is 25.4 Å². The highest BCUT2D eigenvalue weighted by molar-refractivity contribution is 5.93. The number of nitrogens with zero attached hydrogens (tertiary/aromatic N) is 3. The monoisotopic (exact) mass is 352 g/mol. The van der Waals surface area contributed by atoms with Crippen LogP contribution in [0.4, 0.5) is 5.95 Å². The molecule has 3 aromatic rings. The van der Waals surface area contributed by atoms with Crippen LogP contribution in [0, 0.1) is 5.92 Å². The van der Waals surface area contributed by atoms with E-state index >= 15 is 0 Å². The minimum Gasteiger partial charge on any atom is -0.492 e. The second-order valence-corrected chi connectivity index (χ2v) is 6.73. The number of nitrogens with one attached hydrogen (secondary N) is 2. The van der Waals surface area contributed by atoms with Crippen LogP contribution in [0.3, 0.4) is 0 Å². The van der Waals surface area contributed by atoms with Crippen LogP contribution < -0.4 is 15.8 Å². The predicted molar refractivity (Wildman–Crippen MR) is 102 cm³/mol. The van der Waals surface area contributed by atoms with Crippen molar-refractivity contribution in [2.45, 2.75) is 26.2 Å². The number of piperidine rings is 1. The quantitative estimate of drug-likeness (QED) is 0.652. The highest BCUT2D eigenvalue weighted by Gasteiger charge is 2.15. The molecular formula is C19H24N6O. The van der Waals surface area contributed by atoms with Crippen LogP contribution in [0.25, 0.3) is 22.3 Å². The number of hydrogen-bond donors (Lipinski definition) is 3. The fourth-order valence-corrected chi connectivity index (χ4v) is 3.37. The predicted octanol–water partition coefficient (Wildman–Crippen LogP) is 2.54.